The molecule has 1 aromatic carbocycles. The first-order chi connectivity index (χ1) is 13.8. The van der Waals surface area contributed by atoms with E-state index < -0.39 is 0 Å². The molecule has 0 amide bonds. The van der Waals surface area contributed by atoms with E-state index in [4.69, 9.17) is 23.8 Å². The molecule has 0 aliphatic heterocycles. The van der Waals surface area contributed by atoms with Crippen LogP contribution in [0.15, 0.2) is 30.5 Å². The second-order valence-corrected chi connectivity index (χ2v) is 7.67. The summed E-state index contributed by atoms with van der Waals surface area (Å²) in [5.41, 5.74) is 3.89. The summed E-state index contributed by atoms with van der Waals surface area (Å²) in [6.07, 6.45) is 2.86. The van der Waals surface area contributed by atoms with Crippen LogP contribution >= 0.6 is 23.8 Å². The number of aromatic nitrogens is 4. The minimum Gasteiger partial charge on any atom is -0.362 e. The quantitative estimate of drug-likeness (QED) is 0.430. The molecule has 0 saturated carbocycles. The molecule has 3 aromatic rings. The SMILES string of the molecule is Cc1ccn(CCCNC(=S)Nc2c(C)nn(Cc3c(F)cccc3Cl)c2C)n1. The number of hydrogen-bond donors (Lipinski definition) is 2. The van der Waals surface area contributed by atoms with Crippen LogP contribution in [-0.2, 0) is 13.1 Å². The summed E-state index contributed by atoms with van der Waals surface area (Å²) < 4.78 is 17.7. The lowest BCUT2D eigenvalue weighted by Gasteiger charge is -2.12. The van der Waals surface area contributed by atoms with E-state index in [9.17, 15) is 4.39 Å². The number of anilines is 1. The van der Waals surface area contributed by atoms with Crippen LogP contribution in [-0.4, -0.2) is 31.2 Å². The number of hydrogen-bond acceptors (Lipinski definition) is 3. The van der Waals surface area contributed by atoms with Gasteiger partial charge in [0.1, 0.15) is 5.82 Å². The standard InChI is InChI=1S/C20H24ClFN6S/c1-13-8-11-27(25-13)10-5-9-23-20(29)24-19-14(2)26-28(15(19)3)12-16-17(21)6-4-7-18(16)22/h4,6-8,11H,5,9-10,12H2,1-3H3,(H2,23,24,29). The Morgan fingerprint density at radius 2 is 2.00 bits per heavy atom. The van der Waals surface area contributed by atoms with Crippen molar-refractivity contribution in [1.29, 1.82) is 0 Å². The van der Waals surface area contributed by atoms with E-state index in [1.165, 1.54) is 6.07 Å². The first-order valence-electron chi connectivity index (χ1n) is 9.37. The molecule has 3 rings (SSSR count). The lowest BCUT2D eigenvalue weighted by atomic mass is 10.2. The molecule has 0 bridgehead atoms. The third-order valence-corrected chi connectivity index (χ3v) is 5.21. The third-order valence-electron chi connectivity index (χ3n) is 4.61. The molecule has 0 aliphatic rings. The van der Waals surface area contributed by atoms with Gasteiger partial charge in [-0.2, -0.15) is 10.2 Å². The summed E-state index contributed by atoms with van der Waals surface area (Å²) >= 11 is 11.6. The fourth-order valence-corrected chi connectivity index (χ4v) is 3.48. The van der Waals surface area contributed by atoms with Crippen LogP contribution in [0.25, 0.3) is 0 Å². The average molecular weight is 435 g/mol. The highest BCUT2D eigenvalue weighted by Gasteiger charge is 2.15. The van der Waals surface area contributed by atoms with E-state index in [0.29, 0.717) is 15.7 Å². The van der Waals surface area contributed by atoms with Crippen molar-refractivity contribution in [2.75, 3.05) is 11.9 Å². The Morgan fingerprint density at radius 3 is 2.69 bits per heavy atom. The first kappa shape index (κ1) is 21.3. The van der Waals surface area contributed by atoms with Gasteiger partial charge in [0.05, 0.1) is 29.3 Å². The Hall–Kier alpha value is -2.45. The second kappa shape index (κ2) is 9.37. The normalized spacial score (nSPS) is 10.9. The summed E-state index contributed by atoms with van der Waals surface area (Å²) in [6.45, 7) is 7.57. The van der Waals surface area contributed by atoms with Crippen LogP contribution in [0.4, 0.5) is 10.1 Å². The summed E-state index contributed by atoms with van der Waals surface area (Å²) in [5.74, 6) is -0.343. The second-order valence-electron chi connectivity index (χ2n) is 6.86. The van der Waals surface area contributed by atoms with Crippen LogP contribution in [0, 0.1) is 26.6 Å². The van der Waals surface area contributed by atoms with E-state index in [0.717, 1.165) is 42.3 Å². The summed E-state index contributed by atoms with van der Waals surface area (Å²) in [4.78, 5) is 0. The van der Waals surface area contributed by atoms with Gasteiger partial charge in [0, 0.05) is 29.9 Å². The lowest BCUT2D eigenvalue weighted by Crippen LogP contribution is -2.30. The number of thiocarbonyl (C=S) groups is 1. The molecule has 2 aromatic heterocycles. The lowest BCUT2D eigenvalue weighted by molar-refractivity contribution is 0.570. The number of halogens is 2. The molecule has 0 fully saturated rings. The summed E-state index contributed by atoms with van der Waals surface area (Å²) in [6, 6.07) is 6.65. The molecule has 2 heterocycles. The van der Waals surface area contributed by atoms with Crippen LogP contribution < -0.4 is 10.6 Å². The molecule has 0 atom stereocenters. The van der Waals surface area contributed by atoms with Gasteiger partial charge in [-0.3, -0.25) is 9.36 Å². The number of nitrogens with zero attached hydrogens (tertiary/aromatic N) is 4. The van der Waals surface area contributed by atoms with Crippen molar-refractivity contribution < 1.29 is 4.39 Å². The molecule has 2 N–H and O–H groups in total. The Kier molecular flexibility index (Phi) is 6.87. The topological polar surface area (TPSA) is 59.7 Å². The van der Waals surface area contributed by atoms with E-state index in [1.807, 2.05) is 37.7 Å². The molecule has 0 spiro atoms. The summed E-state index contributed by atoms with van der Waals surface area (Å²) in [5, 5.41) is 16.2. The van der Waals surface area contributed by atoms with Crippen LogP contribution in [0.2, 0.25) is 5.02 Å². The molecule has 6 nitrogen and oxygen atoms in total. The van der Waals surface area contributed by atoms with Crippen molar-refractivity contribution in [2.45, 2.75) is 40.3 Å². The molecular formula is C20H24ClFN6S. The third kappa shape index (κ3) is 5.33. The zero-order valence-electron chi connectivity index (χ0n) is 16.7. The van der Waals surface area contributed by atoms with Gasteiger partial charge in [0.15, 0.2) is 5.11 Å². The number of rotatable bonds is 7. The fraction of sp³-hybridized carbons (Fsp3) is 0.350. The van der Waals surface area contributed by atoms with Gasteiger partial charge in [-0.15, -0.1) is 0 Å². The smallest absolute Gasteiger partial charge is 0.170 e. The van der Waals surface area contributed by atoms with Gasteiger partial charge in [-0.25, -0.2) is 4.39 Å². The highest BCUT2D eigenvalue weighted by Crippen LogP contribution is 2.24. The van der Waals surface area contributed by atoms with Gasteiger partial charge in [-0.1, -0.05) is 17.7 Å². The molecule has 9 heteroatoms. The van der Waals surface area contributed by atoms with Crippen molar-refractivity contribution >= 4 is 34.6 Å². The van der Waals surface area contributed by atoms with Crippen molar-refractivity contribution in [3.63, 3.8) is 0 Å². The van der Waals surface area contributed by atoms with E-state index in [1.54, 1.807) is 16.8 Å². The molecule has 154 valence electrons. The van der Waals surface area contributed by atoms with Crippen molar-refractivity contribution in [1.82, 2.24) is 24.9 Å². The first-order valence-corrected chi connectivity index (χ1v) is 10.2. The van der Waals surface area contributed by atoms with Crippen LogP contribution in [0.3, 0.4) is 0 Å². The predicted octanol–water partition coefficient (Wildman–Crippen LogP) is 4.22. The van der Waals surface area contributed by atoms with Gasteiger partial charge in [0.2, 0.25) is 0 Å². The average Bonchev–Trinajstić information content (AvgIpc) is 3.20. The van der Waals surface area contributed by atoms with E-state index in [-0.39, 0.29) is 12.4 Å². The number of benzene rings is 1. The Labute approximate surface area is 180 Å². The Morgan fingerprint density at radius 1 is 1.21 bits per heavy atom. The minimum absolute atomic E-state index is 0.253. The number of aryl methyl sites for hydroxylation is 3. The maximum Gasteiger partial charge on any atom is 0.170 e. The minimum atomic E-state index is -0.343. The maximum atomic E-state index is 14.1. The molecule has 0 unspecified atom stereocenters. The van der Waals surface area contributed by atoms with Crippen LogP contribution in [0.1, 0.15) is 29.1 Å². The van der Waals surface area contributed by atoms with Crippen LogP contribution in [0.5, 0.6) is 0 Å². The molecule has 0 radical (unpaired) electrons. The van der Waals surface area contributed by atoms with Crippen molar-refractivity contribution in [3.05, 3.63) is 63.9 Å². The Balaban J connectivity index is 1.57. The molecule has 0 aliphatic carbocycles. The monoisotopic (exact) mass is 434 g/mol. The zero-order chi connectivity index (χ0) is 21.0. The van der Waals surface area contributed by atoms with E-state index >= 15 is 0 Å². The highest BCUT2D eigenvalue weighted by atomic mass is 35.5. The predicted molar refractivity (Wildman–Crippen MR) is 118 cm³/mol. The fourth-order valence-electron chi connectivity index (χ4n) is 3.05. The zero-order valence-corrected chi connectivity index (χ0v) is 18.2. The molecule has 29 heavy (non-hydrogen) atoms. The molecular weight excluding hydrogens is 411 g/mol. The summed E-state index contributed by atoms with van der Waals surface area (Å²) in [7, 11) is 0. The van der Waals surface area contributed by atoms with Crippen molar-refractivity contribution in [2.24, 2.45) is 0 Å². The highest BCUT2D eigenvalue weighted by molar-refractivity contribution is 7.80. The van der Waals surface area contributed by atoms with Gasteiger partial charge >= 0.3 is 0 Å². The maximum absolute atomic E-state index is 14.1. The molecule has 0 saturated heterocycles. The van der Waals surface area contributed by atoms with Gasteiger partial charge < -0.3 is 10.6 Å². The van der Waals surface area contributed by atoms with E-state index in [2.05, 4.69) is 20.8 Å². The number of nitrogens with one attached hydrogen (secondary N) is 2. The van der Waals surface area contributed by atoms with Crippen molar-refractivity contribution in [3.8, 4) is 0 Å². The van der Waals surface area contributed by atoms with Gasteiger partial charge in [-0.05, 0) is 57.6 Å². The Bertz CT molecular complexity index is 992. The van der Waals surface area contributed by atoms with Gasteiger partial charge in [0.25, 0.3) is 0 Å². The largest absolute Gasteiger partial charge is 0.362 e.